The number of hydrogen-bond donors (Lipinski definition) is 1. The molecular weight excluding hydrogens is 274 g/mol. The molecule has 3 atom stereocenters. The minimum absolute atomic E-state index is 0.145. The molecule has 0 saturated carbocycles. The lowest BCUT2D eigenvalue weighted by Crippen LogP contribution is -2.42. The van der Waals surface area contributed by atoms with Crippen molar-refractivity contribution in [2.24, 2.45) is 11.7 Å². The lowest BCUT2D eigenvalue weighted by atomic mass is 9.81. The van der Waals surface area contributed by atoms with Crippen LogP contribution in [-0.4, -0.2) is 23.7 Å². The van der Waals surface area contributed by atoms with Gasteiger partial charge in [-0.3, -0.25) is 0 Å². The molecule has 2 aliphatic heterocycles. The smallest absolute Gasteiger partial charge is 0.0783 e. The Morgan fingerprint density at radius 3 is 2.95 bits per heavy atom. The molecule has 0 bridgehead atoms. The van der Waals surface area contributed by atoms with Gasteiger partial charge >= 0.3 is 0 Å². The lowest BCUT2D eigenvalue weighted by Gasteiger charge is -2.39. The highest BCUT2D eigenvalue weighted by molar-refractivity contribution is 7.99. The third-order valence-electron chi connectivity index (χ3n) is 4.62. The van der Waals surface area contributed by atoms with Gasteiger partial charge in [0.25, 0.3) is 0 Å². The van der Waals surface area contributed by atoms with E-state index < -0.39 is 0 Å². The van der Waals surface area contributed by atoms with Crippen LogP contribution < -0.4 is 5.73 Å². The Balaban J connectivity index is 1.74. The van der Waals surface area contributed by atoms with E-state index in [0.29, 0.717) is 5.92 Å². The van der Waals surface area contributed by atoms with Crippen molar-refractivity contribution in [2.45, 2.75) is 44.8 Å². The van der Waals surface area contributed by atoms with E-state index in [1.54, 1.807) is 0 Å². The second kappa shape index (κ2) is 5.40. The first-order valence-electron chi connectivity index (χ1n) is 7.14. The molecule has 2 nitrogen and oxygen atoms in total. The van der Waals surface area contributed by atoms with Gasteiger partial charge in [-0.15, -0.1) is 11.3 Å². The zero-order valence-corrected chi connectivity index (χ0v) is 13.4. The Hall–Kier alpha value is -0.0300. The van der Waals surface area contributed by atoms with Crippen LogP contribution in [0.2, 0.25) is 0 Å². The summed E-state index contributed by atoms with van der Waals surface area (Å²) in [6, 6.07) is 2.49. The highest BCUT2D eigenvalue weighted by Gasteiger charge is 2.42. The van der Waals surface area contributed by atoms with Crippen molar-refractivity contribution >= 4 is 23.1 Å². The van der Waals surface area contributed by atoms with Crippen molar-refractivity contribution in [2.75, 3.05) is 18.1 Å². The summed E-state index contributed by atoms with van der Waals surface area (Å²) in [4.78, 5) is 2.77. The van der Waals surface area contributed by atoms with Crippen LogP contribution in [-0.2, 0) is 4.74 Å². The number of thioether (sulfide) groups is 1. The van der Waals surface area contributed by atoms with Gasteiger partial charge in [-0.25, -0.2) is 0 Å². The topological polar surface area (TPSA) is 35.2 Å². The van der Waals surface area contributed by atoms with Crippen LogP contribution in [0.4, 0.5) is 0 Å². The summed E-state index contributed by atoms with van der Waals surface area (Å²) >= 11 is 3.91. The van der Waals surface area contributed by atoms with Crippen LogP contribution in [0.15, 0.2) is 6.07 Å². The first-order valence-corrected chi connectivity index (χ1v) is 9.11. The Morgan fingerprint density at radius 1 is 1.47 bits per heavy atom. The fourth-order valence-electron chi connectivity index (χ4n) is 3.23. The van der Waals surface area contributed by atoms with Gasteiger partial charge in [-0.1, -0.05) is 0 Å². The normalized spacial score (nSPS) is 32.9. The van der Waals surface area contributed by atoms with Gasteiger partial charge in [0.2, 0.25) is 0 Å². The van der Waals surface area contributed by atoms with Gasteiger partial charge in [0.1, 0.15) is 0 Å². The third kappa shape index (κ3) is 2.73. The summed E-state index contributed by atoms with van der Waals surface area (Å²) in [5.41, 5.74) is 8.08. The van der Waals surface area contributed by atoms with E-state index in [0.717, 1.165) is 19.4 Å². The highest BCUT2D eigenvalue weighted by atomic mass is 32.2. The van der Waals surface area contributed by atoms with E-state index in [2.05, 4.69) is 19.9 Å². The van der Waals surface area contributed by atoms with E-state index in [9.17, 15) is 0 Å². The molecular formula is C15H23NOS2. The zero-order valence-electron chi connectivity index (χ0n) is 11.8. The molecule has 1 spiro atoms. The second-order valence-electron chi connectivity index (χ2n) is 6.00. The summed E-state index contributed by atoms with van der Waals surface area (Å²) in [5, 5.41) is 0. The average Bonchev–Trinajstić information content (AvgIpc) is 2.97. The van der Waals surface area contributed by atoms with E-state index in [-0.39, 0.29) is 11.6 Å². The van der Waals surface area contributed by atoms with Gasteiger partial charge in [0.05, 0.1) is 5.60 Å². The first-order chi connectivity index (χ1) is 9.10. The average molecular weight is 297 g/mol. The van der Waals surface area contributed by atoms with Crippen LogP contribution in [0.25, 0.3) is 0 Å². The molecule has 0 aliphatic carbocycles. The van der Waals surface area contributed by atoms with Crippen molar-refractivity contribution < 1.29 is 4.74 Å². The van der Waals surface area contributed by atoms with E-state index in [1.165, 1.54) is 33.2 Å². The quantitative estimate of drug-likeness (QED) is 0.904. The van der Waals surface area contributed by atoms with Gasteiger partial charge in [0.15, 0.2) is 0 Å². The molecule has 3 rings (SSSR count). The van der Waals surface area contributed by atoms with Crippen molar-refractivity contribution in [1.82, 2.24) is 0 Å². The number of ether oxygens (including phenoxy) is 1. The molecule has 3 heterocycles. The molecule has 0 amide bonds. The van der Waals surface area contributed by atoms with Crippen molar-refractivity contribution in [3.8, 4) is 0 Å². The second-order valence-corrected chi connectivity index (χ2v) is 8.39. The highest BCUT2D eigenvalue weighted by Crippen LogP contribution is 2.44. The van der Waals surface area contributed by atoms with Crippen LogP contribution in [0.5, 0.6) is 0 Å². The zero-order chi connectivity index (χ0) is 13.5. The minimum Gasteiger partial charge on any atom is -0.374 e. The molecule has 2 saturated heterocycles. The molecule has 2 N–H and O–H groups in total. The number of rotatable bonds is 2. The third-order valence-corrected chi connectivity index (χ3v) is 7.10. The number of aryl methyl sites for hydroxylation is 2. The molecule has 0 aromatic carbocycles. The molecule has 19 heavy (non-hydrogen) atoms. The molecule has 3 unspecified atom stereocenters. The number of hydrogen-bond acceptors (Lipinski definition) is 4. The molecule has 1 aromatic rings. The van der Waals surface area contributed by atoms with E-state index in [4.69, 9.17) is 10.5 Å². The molecule has 0 radical (unpaired) electrons. The fourth-order valence-corrected chi connectivity index (χ4v) is 5.75. The lowest BCUT2D eigenvalue weighted by molar-refractivity contribution is -0.0832. The van der Waals surface area contributed by atoms with Crippen LogP contribution in [0.3, 0.4) is 0 Å². The van der Waals surface area contributed by atoms with Crippen molar-refractivity contribution in [3.63, 3.8) is 0 Å². The fraction of sp³-hybridized carbons (Fsp3) is 0.733. The largest absolute Gasteiger partial charge is 0.374 e. The van der Waals surface area contributed by atoms with Crippen LogP contribution >= 0.6 is 23.1 Å². The maximum absolute atomic E-state index is 6.55. The predicted molar refractivity (Wildman–Crippen MR) is 84.1 cm³/mol. The van der Waals surface area contributed by atoms with E-state index in [1.807, 2.05) is 23.1 Å². The number of thiophene rings is 1. The molecule has 2 fully saturated rings. The maximum atomic E-state index is 6.55. The summed E-state index contributed by atoms with van der Waals surface area (Å²) < 4.78 is 6.10. The SMILES string of the molecule is Cc1cc(C(N)C2CCOC3(CCSC3)C2)sc1C. The van der Waals surface area contributed by atoms with Gasteiger partial charge in [-0.2, -0.15) is 11.8 Å². The van der Waals surface area contributed by atoms with Crippen molar-refractivity contribution in [3.05, 3.63) is 21.4 Å². The Kier molecular flexibility index (Phi) is 3.96. The summed E-state index contributed by atoms with van der Waals surface area (Å²) in [7, 11) is 0. The molecule has 4 heteroatoms. The Morgan fingerprint density at radius 2 is 2.32 bits per heavy atom. The Bertz CT molecular complexity index is 431. The Labute approximate surface area is 124 Å². The van der Waals surface area contributed by atoms with Crippen molar-refractivity contribution in [1.29, 1.82) is 0 Å². The number of nitrogens with two attached hydrogens (primary N) is 1. The van der Waals surface area contributed by atoms with Gasteiger partial charge in [-0.05, 0) is 56.4 Å². The minimum atomic E-state index is 0.145. The standard InChI is InChI=1S/C15H23NOS2/c1-10-7-13(19-11(10)2)14(16)12-3-5-17-15(8-12)4-6-18-9-15/h7,12,14H,3-6,8-9,16H2,1-2H3. The molecule has 1 aromatic heterocycles. The summed E-state index contributed by atoms with van der Waals surface area (Å²) in [5.74, 6) is 3.00. The van der Waals surface area contributed by atoms with Crippen LogP contribution in [0.1, 0.15) is 40.6 Å². The molecule has 2 aliphatic rings. The van der Waals surface area contributed by atoms with Gasteiger partial charge in [0, 0.05) is 28.2 Å². The predicted octanol–water partition coefficient (Wildman–Crippen LogP) is 3.67. The van der Waals surface area contributed by atoms with Crippen LogP contribution in [0, 0.1) is 19.8 Å². The maximum Gasteiger partial charge on any atom is 0.0783 e. The monoisotopic (exact) mass is 297 g/mol. The summed E-state index contributed by atoms with van der Waals surface area (Å²) in [6.45, 7) is 5.26. The van der Waals surface area contributed by atoms with Gasteiger partial charge < -0.3 is 10.5 Å². The van der Waals surface area contributed by atoms with E-state index >= 15 is 0 Å². The first kappa shape index (κ1) is 13.9. The summed E-state index contributed by atoms with van der Waals surface area (Å²) in [6.07, 6.45) is 3.48. The molecule has 106 valence electrons.